The number of benzene rings is 1. The first-order valence-electron chi connectivity index (χ1n) is 7.07. The van der Waals surface area contributed by atoms with Crippen molar-refractivity contribution in [2.24, 2.45) is 5.92 Å². The summed E-state index contributed by atoms with van der Waals surface area (Å²) in [7, 11) is -3.71. The lowest BCUT2D eigenvalue weighted by atomic mass is 10.1. The number of carbonyl (C=O) groups is 1. The second-order valence-corrected chi connectivity index (χ2v) is 7.41. The van der Waals surface area contributed by atoms with Crippen molar-refractivity contribution >= 4 is 16.0 Å². The molecule has 0 heterocycles. The SMILES string of the molecule is Cc1cc(C(=O)O)ccc1S(=O)(=O)N(CCC#N)CC1CC1. The predicted molar refractivity (Wildman–Crippen MR) is 79.9 cm³/mol. The highest BCUT2D eigenvalue weighted by molar-refractivity contribution is 7.89. The van der Waals surface area contributed by atoms with E-state index in [9.17, 15) is 13.2 Å². The van der Waals surface area contributed by atoms with Gasteiger partial charge in [-0.15, -0.1) is 0 Å². The van der Waals surface area contributed by atoms with Crippen LogP contribution < -0.4 is 0 Å². The molecule has 1 saturated carbocycles. The number of rotatable bonds is 7. The second kappa shape index (κ2) is 6.46. The topological polar surface area (TPSA) is 98.5 Å². The van der Waals surface area contributed by atoms with Crippen LogP contribution in [-0.4, -0.2) is 36.9 Å². The molecule has 6 nitrogen and oxygen atoms in total. The third-order valence-corrected chi connectivity index (χ3v) is 5.70. The Bertz CT molecular complexity index is 718. The summed E-state index contributed by atoms with van der Waals surface area (Å²) in [6, 6.07) is 5.95. The van der Waals surface area contributed by atoms with Gasteiger partial charge in [-0.1, -0.05) is 0 Å². The van der Waals surface area contributed by atoms with E-state index in [0.717, 1.165) is 12.8 Å². The standard InChI is InChI=1S/C15H18N2O4S/c1-11-9-13(15(18)19)5-6-14(11)22(20,21)17(8-2-7-16)10-12-3-4-12/h5-6,9,12H,2-4,8,10H2,1H3,(H,18,19). The number of aryl methyl sites for hydroxylation is 1. The molecule has 0 atom stereocenters. The monoisotopic (exact) mass is 322 g/mol. The zero-order chi connectivity index (χ0) is 16.3. The molecule has 0 unspecified atom stereocenters. The molecule has 1 aliphatic carbocycles. The second-order valence-electron chi connectivity index (χ2n) is 5.50. The van der Waals surface area contributed by atoms with Gasteiger partial charge in [0.1, 0.15) is 0 Å². The van der Waals surface area contributed by atoms with E-state index in [-0.39, 0.29) is 23.4 Å². The molecule has 0 aliphatic heterocycles. The lowest BCUT2D eigenvalue weighted by Crippen LogP contribution is -2.34. The van der Waals surface area contributed by atoms with E-state index in [0.29, 0.717) is 18.0 Å². The molecule has 7 heteroatoms. The first kappa shape index (κ1) is 16.5. The van der Waals surface area contributed by atoms with Gasteiger partial charge in [0.15, 0.2) is 0 Å². The van der Waals surface area contributed by atoms with Crippen LogP contribution in [0.2, 0.25) is 0 Å². The molecule has 1 aliphatic rings. The first-order chi connectivity index (χ1) is 10.4. The predicted octanol–water partition coefficient (Wildman–Crippen LogP) is 2.01. The molecule has 0 bridgehead atoms. The van der Waals surface area contributed by atoms with Crippen LogP contribution in [0.1, 0.15) is 35.2 Å². The van der Waals surface area contributed by atoms with Crippen LogP contribution >= 0.6 is 0 Å². The van der Waals surface area contributed by atoms with Gasteiger partial charge in [0.05, 0.1) is 16.5 Å². The zero-order valence-corrected chi connectivity index (χ0v) is 13.1. The summed E-state index contributed by atoms with van der Waals surface area (Å²) in [4.78, 5) is 11.1. The van der Waals surface area contributed by atoms with Crippen LogP contribution in [0.25, 0.3) is 0 Å². The molecule has 2 rings (SSSR count). The average Bonchev–Trinajstić information content (AvgIpc) is 3.26. The molecule has 0 spiro atoms. The van der Waals surface area contributed by atoms with Crippen LogP contribution in [-0.2, 0) is 10.0 Å². The van der Waals surface area contributed by atoms with E-state index in [2.05, 4.69) is 0 Å². The van der Waals surface area contributed by atoms with E-state index in [1.54, 1.807) is 6.92 Å². The van der Waals surface area contributed by atoms with Crippen molar-refractivity contribution in [3.05, 3.63) is 29.3 Å². The van der Waals surface area contributed by atoms with Gasteiger partial charge in [0, 0.05) is 19.5 Å². The Morgan fingerprint density at radius 1 is 1.45 bits per heavy atom. The molecule has 0 amide bonds. The van der Waals surface area contributed by atoms with Gasteiger partial charge in [-0.2, -0.15) is 9.57 Å². The quantitative estimate of drug-likeness (QED) is 0.828. The molecule has 1 aromatic rings. The molecule has 118 valence electrons. The molecular weight excluding hydrogens is 304 g/mol. The van der Waals surface area contributed by atoms with Gasteiger partial charge in [0.25, 0.3) is 0 Å². The Morgan fingerprint density at radius 2 is 2.14 bits per heavy atom. The molecule has 1 aromatic carbocycles. The molecule has 0 radical (unpaired) electrons. The van der Waals surface area contributed by atoms with Crippen molar-refractivity contribution in [2.75, 3.05) is 13.1 Å². The normalized spacial score (nSPS) is 14.8. The number of carboxylic acids is 1. The Morgan fingerprint density at radius 3 is 2.64 bits per heavy atom. The minimum atomic E-state index is -3.71. The number of nitrogens with zero attached hydrogens (tertiary/aromatic N) is 2. The number of hydrogen-bond acceptors (Lipinski definition) is 4. The largest absolute Gasteiger partial charge is 0.478 e. The van der Waals surface area contributed by atoms with E-state index in [1.165, 1.54) is 22.5 Å². The summed E-state index contributed by atoms with van der Waals surface area (Å²) in [5.74, 6) is -0.724. The number of sulfonamides is 1. The van der Waals surface area contributed by atoms with E-state index in [4.69, 9.17) is 10.4 Å². The number of nitriles is 1. The van der Waals surface area contributed by atoms with Crippen LogP contribution in [0.3, 0.4) is 0 Å². The van der Waals surface area contributed by atoms with Crippen LogP contribution in [0.15, 0.2) is 23.1 Å². The van der Waals surface area contributed by atoms with Crippen molar-refractivity contribution in [3.8, 4) is 6.07 Å². The van der Waals surface area contributed by atoms with Crippen LogP contribution in [0.5, 0.6) is 0 Å². The van der Waals surface area contributed by atoms with E-state index in [1.807, 2.05) is 6.07 Å². The van der Waals surface area contributed by atoms with Gasteiger partial charge >= 0.3 is 5.97 Å². The molecule has 1 N–H and O–H groups in total. The Kier molecular flexibility index (Phi) is 4.84. The van der Waals surface area contributed by atoms with Crippen molar-refractivity contribution in [2.45, 2.75) is 31.1 Å². The molecule has 22 heavy (non-hydrogen) atoms. The zero-order valence-electron chi connectivity index (χ0n) is 12.3. The maximum absolute atomic E-state index is 12.8. The fourth-order valence-electron chi connectivity index (χ4n) is 2.28. The summed E-state index contributed by atoms with van der Waals surface area (Å²) in [5, 5.41) is 17.7. The fourth-order valence-corrected chi connectivity index (χ4v) is 4.01. The van der Waals surface area contributed by atoms with Gasteiger partial charge in [0.2, 0.25) is 10.0 Å². The maximum atomic E-state index is 12.8. The lowest BCUT2D eigenvalue weighted by molar-refractivity contribution is 0.0696. The molecular formula is C15H18N2O4S. The summed E-state index contributed by atoms with van der Waals surface area (Å²) in [6.45, 7) is 2.17. The minimum absolute atomic E-state index is 0.0576. The molecule has 0 saturated heterocycles. The van der Waals surface area contributed by atoms with Gasteiger partial charge in [-0.25, -0.2) is 13.2 Å². The van der Waals surface area contributed by atoms with Gasteiger partial charge in [-0.05, 0) is 49.4 Å². The highest BCUT2D eigenvalue weighted by Gasteiger charge is 2.32. The van der Waals surface area contributed by atoms with Crippen molar-refractivity contribution in [1.29, 1.82) is 5.26 Å². The average molecular weight is 322 g/mol. The van der Waals surface area contributed by atoms with Crippen molar-refractivity contribution in [3.63, 3.8) is 0 Å². The van der Waals surface area contributed by atoms with E-state index >= 15 is 0 Å². The maximum Gasteiger partial charge on any atom is 0.335 e. The van der Waals surface area contributed by atoms with Crippen LogP contribution in [0, 0.1) is 24.2 Å². The Balaban J connectivity index is 2.33. The lowest BCUT2D eigenvalue weighted by Gasteiger charge is -2.22. The third-order valence-electron chi connectivity index (χ3n) is 3.67. The fraction of sp³-hybridized carbons (Fsp3) is 0.467. The number of carboxylic acid groups (broad SMARTS) is 1. The van der Waals surface area contributed by atoms with E-state index < -0.39 is 16.0 Å². The molecule has 1 fully saturated rings. The smallest absolute Gasteiger partial charge is 0.335 e. The third kappa shape index (κ3) is 3.64. The summed E-state index contributed by atoms with van der Waals surface area (Å²) in [6.07, 6.45) is 2.16. The molecule has 0 aromatic heterocycles. The van der Waals surface area contributed by atoms with Gasteiger partial charge < -0.3 is 5.11 Å². The van der Waals surface area contributed by atoms with Gasteiger partial charge in [-0.3, -0.25) is 0 Å². The Labute approximate surface area is 130 Å². The highest BCUT2D eigenvalue weighted by Crippen LogP contribution is 2.32. The first-order valence-corrected chi connectivity index (χ1v) is 8.51. The van der Waals surface area contributed by atoms with Crippen molar-refractivity contribution in [1.82, 2.24) is 4.31 Å². The number of hydrogen-bond donors (Lipinski definition) is 1. The minimum Gasteiger partial charge on any atom is -0.478 e. The summed E-state index contributed by atoms with van der Waals surface area (Å²) in [5.41, 5.74) is 0.458. The summed E-state index contributed by atoms with van der Waals surface area (Å²) >= 11 is 0. The highest BCUT2D eigenvalue weighted by atomic mass is 32.2. The number of aromatic carboxylic acids is 1. The Hall–Kier alpha value is -1.91. The van der Waals surface area contributed by atoms with Crippen LogP contribution in [0.4, 0.5) is 0 Å². The van der Waals surface area contributed by atoms with Crippen molar-refractivity contribution < 1.29 is 18.3 Å². The summed E-state index contributed by atoms with van der Waals surface area (Å²) < 4.78 is 26.9.